The lowest BCUT2D eigenvalue weighted by molar-refractivity contribution is 0.440. The molecule has 2 saturated carbocycles. The standard InChI is InChI=1S/C16H20N4/c1-20-10-17-19-16(20)12-4-6-14(7-5-12)18-15-9-11-2-3-13(15)8-11/h4-7,10-11,13,15,18H,2-3,8-9H2,1H3. The lowest BCUT2D eigenvalue weighted by Crippen LogP contribution is -2.25. The third-order valence-corrected chi connectivity index (χ3v) is 4.94. The second-order valence-corrected chi connectivity index (χ2v) is 6.27. The molecule has 1 aromatic heterocycles. The van der Waals surface area contributed by atoms with Crippen LogP contribution in [0, 0.1) is 11.8 Å². The van der Waals surface area contributed by atoms with E-state index in [1.165, 1.54) is 31.4 Å². The highest BCUT2D eigenvalue weighted by atomic mass is 15.2. The van der Waals surface area contributed by atoms with Crippen LogP contribution in [0.1, 0.15) is 25.7 Å². The zero-order valence-electron chi connectivity index (χ0n) is 11.8. The molecule has 2 aliphatic rings. The third kappa shape index (κ3) is 1.99. The Morgan fingerprint density at radius 2 is 2.00 bits per heavy atom. The Balaban J connectivity index is 1.49. The van der Waals surface area contributed by atoms with Gasteiger partial charge in [0.2, 0.25) is 0 Å². The number of nitrogens with one attached hydrogen (secondary N) is 1. The van der Waals surface area contributed by atoms with Gasteiger partial charge in [-0.1, -0.05) is 6.42 Å². The SMILES string of the molecule is Cn1cnnc1-c1ccc(NC2CC3CCC2C3)cc1. The molecule has 104 valence electrons. The van der Waals surface area contributed by atoms with Gasteiger partial charge in [0, 0.05) is 24.3 Å². The van der Waals surface area contributed by atoms with E-state index < -0.39 is 0 Å². The van der Waals surface area contributed by atoms with Crippen molar-refractivity contribution >= 4 is 5.69 Å². The Bertz CT molecular complexity index is 601. The molecule has 0 saturated heterocycles. The minimum Gasteiger partial charge on any atom is -0.382 e. The molecule has 1 N–H and O–H groups in total. The molecule has 2 fully saturated rings. The molecule has 4 rings (SSSR count). The van der Waals surface area contributed by atoms with Gasteiger partial charge < -0.3 is 9.88 Å². The Morgan fingerprint density at radius 1 is 1.15 bits per heavy atom. The van der Waals surface area contributed by atoms with Gasteiger partial charge in [0.25, 0.3) is 0 Å². The molecule has 0 aliphatic heterocycles. The van der Waals surface area contributed by atoms with E-state index in [9.17, 15) is 0 Å². The number of nitrogens with zero attached hydrogens (tertiary/aromatic N) is 3. The van der Waals surface area contributed by atoms with Crippen LogP contribution in [0.4, 0.5) is 5.69 Å². The van der Waals surface area contributed by atoms with E-state index in [-0.39, 0.29) is 0 Å². The summed E-state index contributed by atoms with van der Waals surface area (Å²) >= 11 is 0. The first kappa shape index (κ1) is 11.9. The monoisotopic (exact) mass is 268 g/mol. The topological polar surface area (TPSA) is 42.7 Å². The van der Waals surface area contributed by atoms with Gasteiger partial charge in [-0.2, -0.15) is 0 Å². The summed E-state index contributed by atoms with van der Waals surface area (Å²) in [6.07, 6.45) is 7.40. The average molecular weight is 268 g/mol. The van der Waals surface area contributed by atoms with Crippen molar-refractivity contribution in [2.75, 3.05) is 5.32 Å². The molecule has 3 atom stereocenters. The lowest BCUT2D eigenvalue weighted by Gasteiger charge is -2.24. The van der Waals surface area contributed by atoms with E-state index in [2.05, 4.69) is 39.8 Å². The number of aromatic nitrogens is 3. The predicted molar refractivity (Wildman–Crippen MR) is 79.3 cm³/mol. The number of rotatable bonds is 3. The Hall–Kier alpha value is -1.84. The molecule has 3 unspecified atom stereocenters. The fourth-order valence-electron chi connectivity index (χ4n) is 3.90. The van der Waals surface area contributed by atoms with Gasteiger partial charge in [-0.05, 0) is 55.4 Å². The minimum atomic E-state index is 0.689. The maximum Gasteiger partial charge on any atom is 0.163 e. The Labute approximate surface area is 119 Å². The predicted octanol–water partition coefficient (Wildman–Crippen LogP) is 3.08. The van der Waals surface area contributed by atoms with Gasteiger partial charge in [0.15, 0.2) is 5.82 Å². The van der Waals surface area contributed by atoms with Crippen LogP contribution in [0.2, 0.25) is 0 Å². The van der Waals surface area contributed by atoms with E-state index in [1.54, 1.807) is 6.33 Å². The van der Waals surface area contributed by atoms with Crippen LogP contribution >= 0.6 is 0 Å². The van der Waals surface area contributed by atoms with Crippen molar-refractivity contribution in [3.05, 3.63) is 30.6 Å². The molecule has 0 amide bonds. The van der Waals surface area contributed by atoms with Crippen molar-refractivity contribution < 1.29 is 0 Å². The van der Waals surface area contributed by atoms with Gasteiger partial charge >= 0.3 is 0 Å². The van der Waals surface area contributed by atoms with Crippen molar-refractivity contribution in [3.8, 4) is 11.4 Å². The van der Waals surface area contributed by atoms with Gasteiger partial charge in [0.1, 0.15) is 6.33 Å². The number of aryl methyl sites for hydroxylation is 1. The number of hydrogen-bond acceptors (Lipinski definition) is 3. The quantitative estimate of drug-likeness (QED) is 0.930. The summed E-state index contributed by atoms with van der Waals surface area (Å²) in [7, 11) is 1.97. The third-order valence-electron chi connectivity index (χ3n) is 4.94. The highest BCUT2D eigenvalue weighted by Gasteiger charge is 2.39. The first-order valence-electron chi connectivity index (χ1n) is 7.50. The molecular weight excluding hydrogens is 248 g/mol. The molecule has 2 aliphatic carbocycles. The lowest BCUT2D eigenvalue weighted by atomic mass is 9.95. The van der Waals surface area contributed by atoms with Crippen molar-refractivity contribution in [2.45, 2.75) is 31.7 Å². The van der Waals surface area contributed by atoms with Crippen LogP contribution in [-0.4, -0.2) is 20.8 Å². The zero-order chi connectivity index (χ0) is 13.5. The molecule has 1 aromatic carbocycles. The number of fused-ring (bicyclic) bond motifs is 2. The summed E-state index contributed by atoms with van der Waals surface area (Å²) in [6.45, 7) is 0. The van der Waals surface area contributed by atoms with Crippen LogP contribution in [0.3, 0.4) is 0 Å². The molecule has 2 aromatic rings. The summed E-state index contributed by atoms with van der Waals surface area (Å²) in [5.41, 5.74) is 2.34. The number of hydrogen-bond donors (Lipinski definition) is 1. The average Bonchev–Trinajstić information content (AvgIpc) is 3.16. The maximum atomic E-state index is 4.14. The molecule has 0 spiro atoms. The largest absolute Gasteiger partial charge is 0.382 e. The van der Waals surface area contributed by atoms with Crippen LogP contribution in [0.5, 0.6) is 0 Å². The number of benzene rings is 1. The molecule has 1 heterocycles. The van der Waals surface area contributed by atoms with E-state index >= 15 is 0 Å². The molecule has 4 nitrogen and oxygen atoms in total. The molecule has 2 bridgehead atoms. The van der Waals surface area contributed by atoms with Crippen LogP contribution in [0.25, 0.3) is 11.4 Å². The first-order valence-corrected chi connectivity index (χ1v) is 7.50. The van der Waals surface area contributed by atoms with Crippen molar-refractivity contribution in [2.24, 2.45) is 18.9 Å². The van der Waals surface area contributed by atoms with Crippen LogP contribution in [0.15, 0.2) is 30.6 Å². The van der Waals surface area contributed by atoms with Gasteiger partial charge in [-0.3, -0.25) is 0 Å². The van der Waals surface area contributed by atoms with Gasteiger partial charge in [-0.25, -0.2) is 0 Å². The maximum absolute atomic E-state index is 4.14. The van der Waals surface area contributed by atoms with Crippen molar-refractivity contribution in [1.29, 1.82) is 0 Å². The zero-order valence-corrected chi connectivity index (χ0v) is 11.8. The van der Waals surface area contributed by atoms with E-state index in [1.807, 2.05) is 11.6 Å². The summed E-state index contributed by atoms with van der Waals surface area (Å²) < 4.78 is 1.94. The van der Waals surface area contributed by atoms with Gasteiger partial charge in [0.05, 0.1) is 0 Å². The van der Waals surface area contributed by atoms with Crippen molar-refractivity contribution in [3.63, 3.8) is 0 Å². The first-order chi connectivity index (χ1) is 9.79. The van der Waals surface area contributed by atoms with E-state index in [0.29, 0.717) is 6.04 Å². The number of anilines is 1. The molecular formula is C16H20N4. The van der Waals surface area contributed by atoms with E-state index in [0.717, 1.165) is 23.2 Å². The van der Waals surface area contributed by atoms with E-state index in [4.69, 9.17) is 0 Å². The minimum absolute atomic E-state index is 0.689. The second kappa shape index (κ2) is 4.62. The van der Waals surface area contributed by atoms with Gasteiger partial charge in [-0.15, -0.1) is 10.2 Å². The summed E-state index contributed by atoms with van der Waals surface area (Å²) in [6, 6.07) is 9.26. The molecule has 0 radical (unpaired) electrons. The Morgan fingerprint density at radius 3 is 2.60 bits per heavy atom. The van der Waals surface area contributed by atoms with Crippen molar-refractivity contribution in [1.82, 2.24) is 14.8 Å². The molecule has 20 heavy (non-hydrogen) atoms. The second-order valence-electron chi connectivity index (χ2n) is 6.27. The molecule has 4 heteroatoms. The summed E-state index contributed by atoms with van der Waals surface area (Å²) in [5, 5.41) is 11.8. The summed E-state index contributed by atoms with van der Waals surface area (Å²) in [5.74, 6) is 2.80. The normalized spacial score (nSPS) is 27.9. The summed E-state index contributed by atoms with van der Waals surface area (Å²) in [4.78, 5) is 0. The Kier molecular flexibility index (Phi) is 2.76. The van der Waals surface area contributed by atoms with Crippen LogP contribution in [-0.2, 0) is 7.05 Å². The highest BCUT2D eigenvalue weighted by molar-refractivity contribution is 5.60. The highest BCUT2D eigenvalue weighted by Crippen LogP contribution is 2.45. The smallest absolute Gasteiger partial charge is 0.163 e. The fraction of sp³-hybridized carbons (Fsp3) is 0.500. The van der Waals surface area contributed by atoms with Crippen LogP contribution < -0.4 is 5.32 Å². The fourth-order valence-corrected chi connectivity index (χ4v) is 3.90.